The smallest absolute Gasteiger partial charge is 0.270 e. The Bertz CT molecular complexity index is 272. The van der Waals surface area contributed by atoms with Crippen LogP contribution in [0.1, 0.15) is 34.6 Å². The Morgan fingerprint density at radius 2 is 1.58 bits per heavy atom. The Balaban J connectivity index is 4.60. The molecule has 0 saturated carbocycles. The summed E-state index contributed by atoms with van der Waals surface area (Å²) in [5, 5.41) is 13.0. The maximum absolute atomic E-state index is 13.3. The highest BCUT2D eigenvalue weighted by Gasteiger charge is 2.47. The summed E-state index contributed by atoms with van der Waals surface area (Å²) < 4.78 is 38.9. The third-order valence-corrected chi connectivity index (χ3v) is 3.25. The Hall–Kier alpha value is -0.550. The maximum Gasteiger partial charge on any atom is 0.270 e. The van der Waals surface area contributed by atoms with Gasteiger partial charge in [-0.05, 0) is 26.3 Å². The summed E-state index contributed by atoms with van der Waals surface area (Å²) >= 11 is 0. The fourth-order valence-electron chi connectivity index (χ4n) is 1.71. The molecule has 0 aliphatic rings. The van der Waals surface area contributed by atoms with Crippen molar-refractivity contribution in [2.24, 2.45) is 11.8 Å². The molecule has 19 heavy (non-hydrogen) atoms. The summed E-state index contributed by atoms with van der Waals surface area (Å²) in [7, 11) is 0. The van der Waals surface area contributed by atoms with E-state index in [0.29, 0.717) is 5.92 Å². The first-order valence-corrected chi connectivity index (χ1v) is 6.68. The number of hydrogen-bond donors (Lipinski definition) is 2. The van der Waals surface area contributed by atoms with Crippen molar-refractivity contribution < 1.29 is 18.3 Å². The molecule has 2 N–H and O–H groups in total. The minimum atomic E-state index is -3.12. The van der Waals surface area contributed by atoms with Crippen molar-refractivity contribution in [3.8, 4) is 0 Å². The van der Waals surface area contributed by atoms with Gasteiger partial charge in [0.2, 0.25) is 0 Å². The third-order valence-electron chi connectivity index (χ3n) is 3.25. The number of hydrogen-bond acceptors (Lipinski definition) is 2. The van der Waals surface area contributed by atoms with Crippen LogP contribution < -0.4 is 5.32 Å². The van der Waals surface area contributed by atoms with Crippen LogP contribution in [0.5, 0.6) is 0 Å². The molecule has 0 saturated heterocycles. The van der Waals surface area contributed by atoms with Crippen molar-refractivity contribution in [2.75, 3.05) is 6.54 Å². The van der Waals surface area contributed by atoms with E-state index in [1.807, 2.05) is 6.92 Å². The molecule has 0 amide bonds. The van der Waals surface area contributed by atoms with E-state index in [1.54, 1.807) is 6.08 Å². The van der Waals surface area contributed by atoms with Gasteiger partial charge in [-0.25, -0.2) is 13.2 Å². The van der Waals surface area contributed by atoms with Crippen molar-refractivity contribution in [2.45, 2.75) is 58.9 Å². The summed E-state index contributed by atoms with van der Waals surface area (Å²) in [4.78, 5) is 0. The number of halogens is 3. The number of rotatable bonds is 8. The first kappa shape index (κ1) is 18.4. The number of nitrogens with one attached hydrogen (secondary N) is 1. The van der Waals surface area contributed by atoms with Crippen LogP contribution >= 0.6 is 0 Å². The monoisotopic (exact) mass is 281 g/mol. The lowest BCUT2D eigenvalue weighted by molar-refractivity contribution is -0.155. The largest absolute Gasteiger partial charge is 0.380 e. The molecule has 114 valence electrons. The van der Waals surface area contributed by atoms with E-state index >= 15 is 0 Å². The van der Waals surface area contributed by atoms with Crippen LogP contribution in [-0.4, -0.2) is 35.9 Å². The van der Waals surface area contributed by atoms with Crippen LogP contribution in [0.4, 0.5) is 13.2 Å². The molecule has 5 heteroatoms. The van der Waals surface area contributed by atoms with Gasteiger partial charge >= 0.3 is 0 Å². The molecular formula is C14H26F3NO. The second-order valence-corrected chi connectivity index (χ2v) is 5.57. The zero-order valence-electron chi connectivity index (χ0n) is 12.3. The second kappa shape index (κ2) is 7.90. The van der Waals surface area contributed by atoms with Crippen molar-refractivity contribution in [3.05, 3.63) is 12.2 Å². The van der Waals surface area contributed by atoms with Crippen LogP contribution in [0.3, 0.4) is 0 Å². The minimum absolute atomic E-state index is 0.0123. The highest BCUT2D eigenvalue weighted by Crippen LogP contribution is 2.31. The van der Waals surface area contributed by atoms with E-state index in [1.165, 1.54) is 13.0 Å². The lowest BCUT2D eigenvalue weighted by atomic mass is 9.85. The van der Waals surface area contributed by atoms with Gasteiger partial charge < -0.3 is 10.4 Å². The number of alkyl halides is 3. The van der Waals surface area contributed by atoms with E-state index in [-0.39, 0.29) is 6.04 Å². The van der Waals surface area contributed by atoms with E-state index in [4.69, 9.17) is 0 Å². The molecule has 0 aromatic carbocycles. The second-order valence-electron chi connectivity index (χ2n) is 5.57. The topological polar surface area (TPSA) is 32.3 Å². The van der Waals surface area contributed by atoms with Crippen molar-refractivity contribution in [3.63, 3.8) is 0 Å². The molecule has 0 spiro atoms. The lowest BCUT2D eigenvalue weighted by Gasteiger charge is -2.33. The first-order chi connectivity index (χ1) is 8.62. The summed E-state index contributed by atoms with van der Waals surface area (Å²) in [5.41, 5.74) is -2.63. The molecule has 0 aromatic rings. The maximum atomic E-state index is 13.3. The Kier molecular flexibility index (Phi) is 7.67. The molecule has 0 aliphatic carbocycles. The van der Waals surface area contributed by atoms with Gasteiger partial charge in [0.1, 0.15) is 6.17 Å². The zero-order valence-corrected chi connectivity index (χ0v) is 12.3. The van der Waals surface area contributed by atoms with Gasteiger partial charge in [0.05, 0.1) is 0 Å². The van der Waals surface area contributed by atoms with E-state index in [9.17, 15) is 18.3 Å². The summed E-state index contributed by atoms with van der Waals surface area (Å²) in [6.07, 6.45) is -1.99. The van der Waals surface area contributed by atoms with Crippen LogP contribution in [0.2, 0.25) is 0 Å². The molecule has 0 aliphatic heterocycles. The average molecular weight is 281 g/mol. The third kappa shape index (κ3) is 5.53. The van der Waals surface area contributed by atoms with Crippen LogP contribution in [0.25, 0.3) is 0 Å². The fourth-order valence-corrected chi connectivity index (χ4v) is 1.71. The summed E-state index contributed by atoms with van der Waals surface area (Å²) in [6, 6.07) is -0.0123. The van der Waals surface area contributed by atoms with Gasteiger partial charge in [0.15, 0.2) is 5.60 Å². The molecular weight excluding hydrogens is 255 g/mol. The number of aliphatic hydroxyl groups is 1. The molecule has 0 aromatic heterocycles. The van der Waals surface area contributed by atoms with Gasteiger partial charge in [-0.15, -0.1) is 0 Å². The van der Waals surface area contributed by atoms with Crippen molar-refractivity contribution >= 4 is 0 Å². The quantitative estimate of drug-likeness (QED) is 0.670. The molecule has 4 atom stereocenters. The predicted molar refractivity (Wildman–Crippen MR) is 72.1 cm³/mol. The molecule has 4 unspecified atom stereocenters. The lowest BCUT2D eigenvalue weighted by Crippen LogP contribution is -2.50. The molecule has 0 fully saturated rings. The fraction of sp³-hybridized carbons (Fsp3) is 0.857. The van der Waals surface area contributed by atoms with Crippen LogP contribution in [0, 0.1) is 11.8 Å². The van der Waals surface area contributed by atoms with Crippen LogP contribution in [-0.2, 0) is 0 Å². The molecule has 0 radical (unpaired) electrons. The predicted octanol–water partition coefficient (Wildman–Crippen LogP) is 3.17. The zero-order chi connectivity index (χ0) is 15.2. The minimum Gasteiger partial charge on any atom is -0.380 e. The standard InChI is InChI=1S/C14H26F3NO/c1-9(2)8-18-11(4)7-6-10(3)14(19,12(5)15)13(16)17/h6-7,9-13,18-19H,8H2,1-5H3/b7-6-. The molecule has 0 heterocycles. The van der Waals surface area contributed by atoms with E-state index < -0.39 is 24.1 Å². The normalized spacial score (nSPS) is 20.8. The molecule has 2 nitrogen and oxygen atoms in total. The van der Waals surface area contributed by atoms with Gasteiger partial charge in [0, 0.05) is 12.0 Å². The van der Waals surface area contributed by atoms with Gasteiger partial charge in [-0.1, -0.05) is 32.9 Å². The first-order valence-electron chi connectivity index (χ1n) is 6.68. The Morgan fingerprint density at radius 3 is 1.95 bits per heavy atom. The van der Waals surface area contributed by atoms with Crippen molar-refractivity contribution in [1.82, 2.24) is 5.32 Å². The van der Waals surface area contributed by atoms with E-state index in [2.05, 4.69) is 19.2 Å². The molecule has 0 rings (SSSR count). The SMILES string of the molecule is CC(C)CNC(C)/C=C\C(C)C(O)(C(C)F)C(F)F. The highest BCUT2D eigenvalue weighted by atomic mass is 19.3. The Morgan fingerprint density at radius 1 is 1.05 bits per heavy atom. The summed E-state index contributed by atoms with van der Waals surface area (Å²) in [5.74, 6) is -0.479. The summed E-state index contributed by atoms with van der Waals surface area (Å²) in [6.45, 7) is 9.16. The van der Waals surface area contributed by atoms with E-state index in [0.717, 1.165) is 13.5 Å². The van der Waals surface area contributed by atoms with Gasteiger partial charge in [0.25, 0.3) is 6.43 Å². The molecule has 0 bridgehead atoms. The Labute approximate surface area is 114 Å². The van der Waals surface area contributed by atoms with Crippen molar-refractivity contribution in [1.29, 1.82) is 0 Å². The highest BCUT2D eigenvalue weighted by molar-refractivity contribution is 5.04. The van der Waals surface area contributed by atoms with Gasteiger partial charge in [-0.2, -0.15) is 0 Å². The van der Waals surface area contributed by atoms with Crippen LogP contribution in [0.15, 0.2) is 12.2 Å². The average Bonchev–Trinajstić information content (AvgIpc) is 2.31. The van der Waals surface area contributed by atoms with Gasteiger partial charge in [-0.3, -0.25) is 0 Å².